The summed E-state index contributed by atoms with van der Waals surface area (Å²) in [5.74, 6) is 1.51. The minimum atomic E-state index is -0.256. The summed E-state index contributed by atoms with van der Waals surface area (Å²) in [5.41, 5.74) is 0. The van der Waals surface area contributed by atoms with Crippen molar-refractivity contribution in [2.75, 3.05) is 20.6 Å². The Hall–Kier alpha value is -2.35. The Kier molecular flexibility index (Phi) is 5.16. The van der Waals surface area contributed by atoms with E-state index in [2.05, 4.69) is 20.8 Å². The molecule has 8 nitrogen and oxygen atoms in total. The first-order valence-electron chi connectivity index (χ1n) is 7.07. The Balaban J connectivity index is 1.88. The molecule has 0 fully saturated rings. The van der Waals surface area contributed by atoms with Crippen LogP contribution in [0.2, 0.25) is 0 Å². The Morgan fingerprint density at radius 2 is 2.27 bits per heavy atom. The topological polar surface area (TPSA) is 88.2 Å². The molecule has 2 rings (SSSR count). The van der Waals surface area contributed by atoms with Gasteiger partial charge in [0, 0.05) is 13.6 Å². The normalized spacial score (nSPS) is 13.9. The van der Waals surface area contributed by atoms with Gasteiger partial charge >= 0.3 is 6.03 Å². The van der Waals surface area contributed by atoms with Crippen molar-refractivity contribution in [2.24, 2.45) is 7.05 Å². The minimum Gasteiger partial charge on any atom is -0.468 e. The average molecular weight is 306 g/mol. The van der Waals surface area contributed by atoms with Crippen molar-refractivity contribution in [1.82, 2.24) is 30.3 Å². The van der Waals surface area contributed by atoms with E-state index in [-0.39, 0.29) is 18.1 Å². The highest BCUT2D eigenvalue weighted by atomic mass is 16.3. The van der Waals surface area contributed by atoms with Crippen LogP contribution in [0.15, 0.2) is 29.1 Å². The predicted octanol–water partition coefficient (Wildman–Crippen LogP) is 1.07. The van der Waals surface area contributed by atoms with Gasteiger partial charge in [-0.1, -0.05) is 0 Å². The Morgan fingerprint density at radius 3 is 2.82 bits per heavy atom. The molecule has 0 unspecified atom stereocenters. The molecule has 0 radical (unpaired) electrons. The fourth-order valence-corrected chi connectivity index (χ4v) is 2.20. The van der Waals surface area contributed by atoms with Crippen molar-refractivity contribution < 1.29 is 9.21 Å². The predicted molar refractivity (Wildman–Crippen MR) is 81.1 cm³/mol. The van der Waals surface area contributed by atoms with E-state index in [4.69, 9.17) is 4.42 Å². The lowest BCUT2D eigenvalue weighted by molar-refractivity contribution is 0.222. The number of furan rings is 1. The lowest BCUT2D eigenvalue weighted by atomic mass is 10.2. The zero-order chi connectivity index (χ0) is 16.1. The van der Waals surface area contributed by atoms with Crippen LogP contribution in [0.1, 0.15) is 30.6 Å². The molecule has 2 heterocycles. The van der Waals surface area contributed by atoms with Crippen molar-refractivity contribution in [1.29, 1.82) is 0 Å². The van der Waals surface area contributed by atoms with Crippen molar-refractivity contribution in [2.45, 2.75) is 19.0 Å². The van der Waals surface area contributed by atoms with Crippen LogP contribution in [0.5, 0.6) is 0 Å². The van der Waals surface area contributed by atoms with E-state index in [1.807, 2.05) is 45.1 Å². The molecule has 8 heteroatoms. The highest BCUT2D eigenvalue weighted by molar-refractivity contribution is 5.74. The number of amides is 2. The maximum absolute atomic E-state index is 12.0. The van der Waals surface area contributed by atoms with E-state index in [0.29, 0.717) is 12.4 Å². The smallest absolute Gasteiger partial charge is 0.315 e. The zero-order valence-corrected chi connectivity index (χ0v) is 13.3. The van der Waals surface area contributed by atoms with Gasteiger partial charge in [0.05, 0.1) is 18.3 Å². The van der Waals surface area contributed by atoms with Crippen LogP contribution < -0.4 is 10.6 Å². The molecule has 0 spiro atoms. The lowest BCUT2D eigenvalue weighted by Crippen LogP contribution is -2.41. The molecule has 2 aromatic rings. The van der Waals surface area contributed by atoms with Crippen LogP contribution >= 0.6 is 0 Å². The first-order chi connectivity index (χ1) is 10.5. The summed E-state index contributed by atoms with van der Waals surface area (Å²) in [4.78, 5) is 14.0. The van der Waals surface area contributed by atoms with E-state index in [0.717, 1.165) is 5.76 Å². The summed E-state index contributed by atoms with van der Waals surface area (Å²) in [6, 6.07) is 3.22. The Labute approximate surface area is 129 Å². The number of urea groups is 1. The van der Waals surface area contributed by atoms with Crippen LogP contribution in [-0.2, 0) is 7.05 Å². The number of hydrogen-bond acceptors (Lipinski definition) is 5. The third kappa shape index (κ3) is 3.85. The maximum Gasteiger partial charge on any atom is 0.315 e. The van der Waals surface area contributed by atoms with Gasteiger partial charge in [-0.3, -0.25) is 4.90 Å². The fourth-order valence-electron chi connectivity index (χ4n) is 2.20. The van der Waals surface area contributed by atoms with Crippen LogP contribution in [0.4, 0.5) is 4.79 Å². The lowest BCUT2D eigenvalue weighted by Gasteiger charge is -2.23. The summed E-state index contributed by atoms with van der Waals surface area (Å²) in [5, 5.41) is 13.5. The van der Waals surface area contributed by atoms with Gasteiger partial charge in [-0.2, -0.15) is 0 Å². The summed E-state index contributed by atoms with van der Waals surface area (Å²) in [6.07, 6.45) is 3.23. The van der Waals surface area contributed by atoms with E-state index in [1.165, 1.54) is 0 Å². The number of rotatable bonds is 6. The first-order valence-corrected chi connectivity index (χ1v) is 7.07. The van der Waals surface area contributed by atoms with Crippen molar-refractivity contribution in [3.63, 3.8) is 0 Å². The number of nitrogens with zero attached hydrogens (tertiary/aromatic N) is 4. The van der Waals surface area contributed by atoms with Gasteiger partial charge in [0.15, 0.2) is 5.82 Å². The molecule has 0 saturated heterocycles. The third-order valence-electron chi connectivity index (χ3n) is 3.43. The highest BCUT2D eigenvalue weighted by Crippen LogP contribution is 2.17. The number of likely N-dealkylation sites (N-methyl/N-ethyl adjacent to an activating group) is 1. The van der Waals surface area contributed by atoms with Gasteiger partial charge in [-0.05, 0) is 33.2 Å². The van der Waals surface area contributed by atoms with E-state index >= 15 is 0 Å². The van der Waals surface area contributed by atoms with Crippen LogP contribution in [-0.4, -0.2) is 46.3 Å². The van der Waals surface area contributed by atoms with Gasteiger partial charge in [-0.25, -0.2) is 4.79 Å². The second-order valence-corrected chi connectivity index (χ2v) is 5.37. The Morgan fingerprint density at radius 1 is 1.50 bits per heavy atom. The van der Waals surface area contributed by atoms with Gasteiger partial charge in [-0.15, -0.1) is 10.2 Å². The van der Waals surface area contributed by atoms with Crippen LogP contribution in [0.25, 0.3) is 0 Å². The van der Waals surface area contributed by atoms with E-state index in [9.17, 15) is 4.79 Å². The fraction of sp³-hybridized carbons (Fsp3) is 0.500. The number of carbonyl (C=O) groups is 1. The molecule has 2 N–H and O–H groups in total. The summed E-state index contributed by atoms with van der Waals surface area (Å²) in [6.45, 7) is 2.30. The van der Waals surface area contributed by atoms with E-state index < -0.39 is 0 Å². The molecular weight excluding hydrogens is 284 g/mol. The van der Waals surface area contributed by atoms with E-state index in [1.54, 1.807) is 17.2 Å². The number of carbonyl (C=O) groups excluding carboxylic acids is 1. The molecule has 0 aliphatic carbocycles. The minimum absolute atomic E-state index is 0.0223. The molecule has 0 aromatic carbocycles. The second-order valence-electron chi connectivity index (χ2n) is 5.37. The number of aryl methyl sites for hydroxylation is 1. The molecule has 2 atom stereocenters. The maximum atomic E-state index is 12.0. The quantitative estimate of drug-likeness (QED) is 0.833. The SMILES string of the molecule is C[C@H](NC(=O)NC[C@H](c1ccco1)N(C)C)c1nncn1C. The zero-order valence-electron chi connectivity index (χ0n) is 13.3. The van der Waals surface area contributed by atoms with Gasteiger partial charge in [0.1, 0.15) is 12.1 Å². The van der Waals surface area contributed by atoms with Crippen LogP contribution in [0, 0.1) is 0 Å². The molecule has 120 valence electrons. The molecular formula is C14H22N6O2. The van der Waals surface area contributed by atoms with Gasteiger partial charge in [0.2, 0.25) is 0 Å². The first kappa shape index (κ1) is 16.0. The van der Waals surface area contributed by atoms with Crippen molar-refractivity contribution in [3.8, 4) is 0 Å². The second kappa shape index (κ2) is 7.08. The number of nitrogens with one attached hydrogen (secondary N) is 2. The highest BCUT2D eigenvalue weighted by Gasteiger charge is 2.19. The standard InChI is InChI=1S/C14H22N6O2/c1-10(13-18-16-9-20(13)4)17-14(21)15-8-11(19(2)3)12-6-5-7-22-12/h5-7,9-11H,8H2,1-4H3,(H2,15,17,21)/t10-,11+/m0/s1. The van der Waals surface area contributed by atoms with Gasteiger partial charge in [0.25, 0.3) is 0 Å². The molecule has 0 aliphatic rings. The number of hydrogen-bond donors (Lipinski definition) is 2. The molecule has 0 bridgehead atoms. The molecule has 2 amide bonds. The summed E-state index contributed by atoms with van der Waals surface area (Å²) >= 11 is 0. The molecule has 22 heavy (non-hydrogen) atoms. The van der Waals surface area contributed by atoms with Crippen LogP contribution in [0.3, 0.4) is 0 Å². The van der Waals surface area contributed by atoms with Gasteiger partial charge < -0.3 is 19.6 Å². The molecule has 2 aromatic heterocycles. The largest absolute Gasteiger partial charge is 0.468 e. The Bertz CT molecular complexity index is 592. The molecule has 0 aliphatic heterocycles. The van der Waals surface area contributed by atoms with Crippen molar-refractivity contribution in [3.05, 3.63) is 36.3 Å². The number of aromatic nitrogens is 3. The van der Waals surface area contributed by atoms with Crippen molar-refractivity contribution >= 4 is 6.03 Å². The summed E-state index contributed by atoms with van der Waals surface area (Å²) in [7, 11) is 5.72. The third-order valence-corrected chi connectivity index (χ3v) is 3.43. The average Bonchev–Trinajstić information content (AvgIpc) is 3.10. The summed E-state index contributed by atoms with van der Waals surface area (Å²) < 4.78 is 7.18. The monoisotopic (exact) mass is 306 g/mol. The molecule has 0 saturated carbocycles.